The molecule has 0 spiro atoms. The maximum absolute atomic E-state index is 6.23. The van der Waals surface area contributed by atoms with E-state index in [-0.39, 0.29) is 0 Å². The number of rotatable bonds is 3. The van der Waals surface area contributed by atoms with Crippen LogP contribution in [-0.2, 0) is 6.54 Å². The minimum absolute atomic E-state index is 0.313. The van der Waals surface area contributed by atoms with Gasteiger partial charge in [0, 0.05) is 31.1 Å². The van der Waals surface area contributed by atoms with E-state index in [2.05, 4.69) is 29.1 Å². The van der Waals surface area contributed by atoms with Crippen molar-refractivity contribution >= 4 is 11.5 Å². The van der Waals surface area contributed by atoms with Gasteiger partial charge in [0.25, 0.3) is 0 Å². The summed E-state index contributed by atoms with van der Waals surface area (Å²) in [7, 11) is 0. The lowest BCUT2D eigenvalue weighted by molar-refractivity contribution is 0.173. The second-order valence-corrected chi connectivity index (χ2v) is 7.87. The van der Waals surface area contributed by atoms with Gasteiger partial charge in [0.15, 0.2) is 17.1 Å². The Morgan fingerprint density at radius 1 is 1.14 bits per heavy atom. The largest absolute Gasteiger partial charge is 0.454 e. The normalized spacial score (nSPS) is 19.4. The lowest BCUT2D eigenvalue weighted by atomic mass is 9.93. The van der Waals surface area contributed by atoms with E-state index in [0.29, 0.717) is 18.5 Å². The average molecular weight is 379 g/mol. The zero-order valence-corrected chi connectivity index (χ0v) is 16.3. The Hall–Kier alpha value is -2.80. The van der Waals surface area contributed by atoms with Crippen LogP contribution in [0.15, 0.2) is 24.3 Å². The Balaban J connectivity index is 1.37. The second kappa shape index (κ2) is 6.67. The van der Waals surface area contributed by atoms with Gasteiger partial charge in [-0.25, -0.2) is 4.98 Å². The summed E-state index contributed by atoms with van der Waals surface area (Å²) in [4.78, 5) is 7.35. The van der Waals surface area contributed by atoms with Crippen LogP contribution in [0.4, 0.5) is 5.82 Å². The van der Waals surface area contributed by atoms with Crippen LogP contribution in [0, 0.1) is 13.8 Å². The van der Waals surface area contributed by atoms with E-state index in [1.165, 1.54) is 11.1 Å². The van der Waals surface area contributed by atoms with Crippen molar-refractivity contribution in [2.24, 2.45) is 0 Å². The molecule has 0 bridgehead atoms. The summed E-state index contributed by atoms with van der Waals surface area (Å²) in [5, 5.41) is 4.40. The van der Waals surface area contributed by atoms with E-state index in [0.717, 1.165) is 61.0 Å². The summed E-state index contributed by atoms with van der Waals surface area (Å²) < 4.78 is 12.8. The summed E-state index contributed by atoms with van der Waals surface area (Å²) >= 11 is 0. The molecule has 28 heavy (non-hydrogen) atoms. The first kappa shape index (κ1) is 17.3. The summed E-state index contributed by atoms with van der Waals surface area (Å²) in [6.45, 7) is 7.38. The van der Waals surface area contributed by atoms with Crippen LogP contribution in [0.1, 0.15) is 41.3 Å². The number of aromatic nitrogens is 3. The molecule has 2 N–H and O–H groups in total. The van der Waals surface area contributed by atoms with Crippen molar-refractivity contribution in [3.8, 4) is 11.5 Å². The molecule has 2 aliphatic heterocycles. The van der Waals surface area contributed by atoms with E-state index < -0.39 is 0 Å². The number of hydrogen-bond acceptors (Lipinski definition) is 6. The number of nitrogen functional groups attached to an aromatic ring is 1. The number of likely N-dealkylation sites (tertiary alicyclic amines) is 1. The molecular weight excluding hydrogens is 354 g/mol. The Morgan fingerprint density at radius 2 is 1.96 bits per heavy atom. The van der Waals surface area contributed by atoms with E-state index >= 15 is 0 Å². The van der Waals surface area contributed by atoms with Gasteiger partial charge in [-0.15, -0.1) is 0 Å². The van der Waals surface area contributed by atoms with Crippen molar-refractivity contribution in [3.05, 3.63) is 46.8 Å². The number of fused-ring (bicyclic) bond motifs is 2. The van der Waals surface area contributed by atoms with E-state index in [9.17, 15) is 0 Å². The molecule has 1 aromatic carbocycles. The number of nitrogens with two attached hydrogens (primary N) is 1. The molecule has 0 unspecified atom stereocenters. The van der Waals surface area contributed by atoms with Crippen molar-refractivity contribution in [2.45, 2.75) is 39.2 Å². The fourth-order valence-electron chi connectivity index (χ4n) is 4.28. The molecule has 2 aromatic heterocycles. The van der Waals surface area contributed by atoms with Crippen molar-refractivity contribution in [1.82, 2.24) is 19.5 Å². The predicted molar refractivity (Wildman–Crippen MR) is 107 cm³/mol. The fourth-order valence-corrected chi connectivity index (χ4v) is 4.28. The highest BCUT2D eigenvalue weighted by molar-refractivity contribution is 5.49. The maximum Gasteiger partial charge on any atom is 0.231 e. The third-order valence-corrected chi connectivity index (χ3v) is 5.75. The number of piperidine rings is 1. The van der Waals surface area contributed by atoms with Crippen LogP contribution in [0.25, 0.3) is 5.65 Å². The third-order valence-electron chi connectivity index (χ3n) is 5.75. The highest BCUT2D eigenvalue weighted by Crippen LogP contribution is 2.36. The Labute approximate surface area is 164 Å². The zero-order valence-electron chi connectivity index (χ0n) is 16.3. The molecule has 0 saturated carbocycles. The number of nitrogens with zero attached hydrogens (tertiary/aromatic N) is 4. The Bertz CT molecular complexity index is 1040. The molecule has 0 aliphatic carbocycles. The zero-order chi connectivity index (χ0) is 19.3. The van der Waals surface area contributed by atoms with Crippen LogP contribution in [0.3, 0.4) is 0 Å². The first-order chi connectivity index (χ1) is 13.6. The van der Waals surface area contributed by atoms with Gasteiger partial charge in [0.05, 0.1) is 11.4 Å². The first-order valence-electron chi connectivity index (χ1n) is 9.81. The molecule has 2 aliphatic rings. The molecule has 1 fully saturated rings. The number of hydrogen-bond donors (Lipinski definition) is 1. The topological polar surface area (TPSA) is 77.9 Å². The van der Waals surface area contributed by atoms with Crippen molar-refractivity contribution in [2.75, 3.05) is 25.6 Å². The molecule has 4 heterocycles. The molecule has 1 atom stereocenters. The number of aryl methyl sites for hydroxylation is 2. The monoisotopic (exact) mass is 379 g/mol. The highest BCUT2D eigenvalue weighted by Gasteiger charge is 2.25. The van der Waals surface area contributed by atoms with E-state index in [4.69, 9.17) is 20.2 Å². The smallest absolute Gasteiger partial charge is 0.231 e. The van der Waals surface area contributed by atoms with Gasteiger partial charge in [-0.2, -0.15) is 9.61 Å². The summed E-state index contributed by atoms with van der Waals surface area (Å²) in [5.41, 5.74) is 11.6. The molecular formula is C21H25N5O2. The molecule has 146 valence electrons. The maximum atomic E-state index is 6.23. The molecule has 0 amide bonds. The molecule has 3 aromatic rings. The second-order valence-electron chi connectivity index (χ2n) is 7.87. The van der Waals surface area contributed by atoms with Crippen molar-refractivity contribution < 1.29 is 9.47 Å². The average Bonchev–Trinajstić information content (AvgIpc) is 3.27. The van der Waals surface area contributed by atoms with Gasteiger partial charge < -0.3 is 15.2 Å². The molecule has 5 rings (SSSR count). The SMILES string of the molecule is Cc1cc2nc([C@@H]3CCCN(Cc4cc5c(cc4C)OCO5)C3)cc(N)n2n1. The van der Waals surface area contributed by atoms with E-state index in [1.807, 2.05) is 19.1 Å². The summed E-state index contributed by atoms with van der Waals surface area (Å²) in [6.07, 6.45) is 2.28. The highest BCUT2D eigenvalue weighted by atomic mass is 16.7. The molecule has 1 saturated heterocycles. The number of anilines is 1. The minimum atomic E-state index is 0.313. The van der Waals surface area contributed by atoms with Gasteiger partial charge in [-0.3, -0.25) is 4.90 Å². The Kier molecular flexibility index (Phi) is 4.12. The predicted octanol–water partition coefficient (Wildman–Crippen LogP) is 3.04. The standard InChI is InChI=1S/C21H25N5O2/c1-13-6-18-19(28-12-27-18)8-16(13)11-25-5-3-4-15(10-25)17-9-20(22)26-21(23-17)7-14(2)24-26/h6-9,15H,3-5,10-12,22H2,1-2H3/t15-/m1/s1. The molecule has 0 radical (unpaired) electrons. The summed E-state index contributed by atoms with van der Waals surface area (Å²) in [5.74, 6) is 2.73. The van der Waals surface area contributed by atoms with E-state index in [1.54, 1.807) is 4.52 Å². The lowest BCUT2D eigenvalue weighted by Gasteiger charge is -2.33. The van der Waals surface area contributed by atoms with Crippen LogP contribution < -0.4 is 15.2 Å². The van der Waals surface area contributed by atoms with Crippen LogP contribution in [-0.4, -0.2) is 39.4 Å². The Morgan fingerprint density at radius 3 is 2.82 bits per heavy atom. The van der Waals surface area contributed by atoms with Crippen LogP contribution in [0.2, 0.25) is 0 Å². The van der Waals surface area contributed by atoms with Gasteiger partial charge >= 0.3 is 0 Å². The number of ether oxygens (including phenoxy) is 2. The van der Waals surface area contributed by atoms with Gasteiger partial charge in [-0.1, -0.05) is 0 Å². The number of benzene rings is 1. The fraction of sp³-hybridized carbons (Fsp3) is 0.429. The molecule has 7 heteroatoms. The molecule has 7 nitrogen and oxygen atoms in total. The van der Waals surface area contributed by atoms with Gasteiger partial charge in [-0.05, 0) is 56.5 Å². The van der Waals surface area contributed by atoms with Crippen LogP contribution >= 0.6 is 0 Å². The van der Waals surface area contributed by atoms with Crippen LogP contribution in [0.5, 0.6) is 11.5 Å². The van der Waals surface area contributed by atoms with Crippen molar-refractivity contribution in [3.63, 3.8) is 0 Å². The quantitative estimate of drug-likeness (QED) is 0.754. The van der Waals surface area contributed by atoms with Gasteiger partial charge in [0.1, 0.15) is 5.82 Å². The van der Waals surface area contributed by atoms with Crippen molar-refractivity contribution in [1.29, 1.82) is 0 Å². The lowest BCUT2D eigenvalue weighted by Crippen LogP contribution is -2.34. The first-order valence-corrected chi connectivity index (χ1v) is 9.81. The summed E-state index contributed by atoms with van der Waals surface area (Å²) in [6, 6.07) is 8.17. The minimum Gasteiger partial charge on any atom is -0.454 e. The van der Waals surface area contributed by atoms with Gasteiger partial charge in [0.2, 0.25) is 6.79 Å². The third kappa shape index (κ3) is 3.05.